The zero-order valence-corrected chi connectivity index (χ0v) is 8.77. The van der Waals surface area contributed by atoms with Crippen molar-refractivity contribution in [3.63, 3.8) is 0 Å². The average molecular weight is 195 g/mol. The minimum absolute atomic E-state index is 0.260. The van der Waals surface area contributed by atoms with Crippen LogP contribution >= 0.6 is 0 Å². The second kappa shape index (κ2) is 2.96. The fourth-order valence-corrected chi connectivity index (χ4v) is 2.94. The summed E-state index contributed by atoms with van der Waals surface area (Å²) in [5, 5.41) is 4.28. The van der Waals surface area contributed by atoms with E-state index >= 15 is 0 Å². The van der Waals surface area contributed by atoms with Crippen LogP contribution < -0.4 is 0 Å². The summed E-state index contributed by atoms with van der Waals surface area (Å²) in [7, 11) is 0. The van der Waals surface area contributed by atoms with E-state index in [1.807, 2.05) is 0 Å². The highest BCUT2D eigenvalue weighted by atomic mass is 16.7. The van der Waals surface area contributed by atoms with Crippen LogP contribution in [0.4, 0.5) is 0 Å². The number of fused-ring (bicyclic) bond motifs is 3. The molecule has 2 aliphatic heterocycles. The molecule has 0 aromatic rings. The Morgan fingerprint density at radius 1 is 1.36 bits per heavy atom. The van der Waals surface area contributed by atoms with Crippen molar-refractivity contribution in [3.05, 3.63) is 0 Å². The molecule has 4 atom stereocenters. The molecule has 0 aromatic carbocycles. The van der Waals surface area contributed by atoms with E-state index in [1.165, 1.54) is 18.6 Å². The molecule has 0 unspecified atom stereocenters. The highest BCUT2D eigenvalue weighted by Crippen LogP contribution is 2.48. The van der Waals surface area contributed by atoms with Crippen molar-refractivity contribution in [2.75, 3.05) is 0 Å². The van der Waals surface area contributed by atoms with Crippen LogP contribution in [0.2, 0.25) is 0 Å². The smallest absolute Gasteiger partial charge is 0.164 e. The number of hydrogen-bond acceptors (Lipinski definition) is 3. The lowest BCUT2D eigenvalue weighted by Gasteiger charge is -2.17. The van der Waals surface area contributed by atoms with Gasteiger partial charge in [0.05, 0.1) is 11.8 Å². The number of epoxide rings is 1. The lowest BCUT2D eigenvalue weighted by atomic mass is 9.86. The highest BCUT2D eigenvalue weighted by Gasteiger charge is 2.61. The summed E-state index contributed by atoms with van der Waals surface area (Å²) in [6.45, 7) is 4.46. The third-order valence-corrected chi connectivity index (χ3v) is 3.89. The van der Waals surface area contributed by atoms with Gasteiger partial charge in [-0.25, -0.2) is 0 Å². The van der Waals surface area contributed by atoms with Crippen LogP contribution in [0, 0.1) is 11.8 Å². The van der Waals surface area contributed by atoms with E-state index in [-0.39, 0.29) is 6.10 Å². The second-order valence-electron chi connectivity index (χ2n) is 4.58. The third kappa shape index (κ3) is 1.05. The van der Waals surface area contributed by atoms with Crippen molar-refractivity contribution >= 4 is 5.71 Å². The molecule has 3 nitrogen and oxygen atoms in total. The van der Waals surface area contributed by atoms with Gasteiger partial charge in [-0.3, -0.25) is 0 Å². The van der Waals surface area contributed by atoms with Crippen LogP contribution in [0.3, 0.4) is 0 Å². The average Bonchev–Trinajstić information content (AvgIpc) is 2.70. The molecule has 3 aliphatic rings. The molecule has 1 aliphatic carbocycles. The van der Waals surface area contributed by atoms with Gasteiger partial charge in [-0.15, -0.1) is 0 Å². The van der Waals surface area contributed by atoms with Crippen LogP contribution in [0.25, 0.3) is 0 Å². The van der Waals surface area contributed by atoms with Gasteiger partial charge in [0.25, 0.3) is 0 Å². The molecular formula is C11H17NO2. The molecule has 14 heavy (non-hydrogen) atoms. The standard InChI is InChI=1S/C11H17NO2/c1-3-6(4-2)9-7-5-8-11(13-8)10(7)14-12-9/h6-8,10-11H,3-5H2,1-2H3/t7-,8-,10+,11-/m1/s1. The summed E-state index contributed by atoms with van der Waals surface area (Å²) >= 11 is 0. The van der Waals surface area contributed by atoms with Crippen molar-refractivity contribution in [1.82, 2.24) is 0 Å². The van der Waals surface area contributed by atoms with Crippen LogP contribution in [-0.2, 0) is 9.57 Å². The summed E-state index contributed by atoms with van der Waals surface area (Å²) < 4.78 is 5.46. The van der Waals surface area contributed by atoms with E-state index in [4.69, 9.17) is 9.57 Å². The molecule has 0 spiro atoms. The molecule has 3 rings (SSSR count). The molecule has 2 heterocycles. The van der Waals surface area contributed by atoms with Gasteiger partial charge in [0.15, 0.2) is 6.10 Å². The maximum atomic E-state index is 5.49. The molecule has 0 aromatic heterocycles. The maximum absolute atomic E-state index is 5.49. The van der Waals surface area contributed by atoms with E-state index in [0.29, 0.717) is 24.0 Å². The SMILES string of the molecule is CCC(CC)C1=NO[C@@H]2[C@@H]3O[C@@H]3C[C@H]12. The molecule has 0 radical (unpaired) electrons. The second-order valence-corrected chi connectivity index (χ2v) is 4.58. The van der Waals surface area contributed by atoms with Crippen LogP contribution in [0.15, 0.2) is 5.16 Å². The maximum Gasteiger partial charge on any atom is 0.164 e. The number of hydrogen-bond donors (Lipinski definition) is 0. The minimum atomic E-state index is 0.260. The molecule has 3 heteroatoms. The van der Waals surface area contributed by atoms with Gasteiger partial charge in [-0.05, 0) is 19.3 Å². The van der Waals surface area contributed by atoms with E-state index in [1.54, 1.807) is 0 Å². The molecule has 0 bridgehead atoms. The monoisotopic (exact) mass is 195 g/mol. The third-order valence-electron chi connectivity index (χ3n) is 3.89. The number of oxime groups is 1. The number of rotatable bonds is 3. The van der Waals surface area contributed by atoms with Crippen LogP contribution in [0.5, 0.6) is 0 Å². The van der Waals surface area contributed by atoms with Gasteiger partial charge < -0.3 is 9.57 Å². The van der Waals surface area contributed by atoms with Crippen LogP contribution in [0.1, 0.15) is 33.1 Å². The Morgan fingerprint density at radius 3 is 2.86 bits per heavy atom. The van der Waals surface area contributed by atoms with Crippen molar-refractivity contribution in [2.24, 2.45) is 17.0 Å². The first kappa shape index (κ1) is 8.72. The van der Waals surface area contributed by atoms with Gasteiger partial charge >= 0.3 is 0 Å². The Hall–Kier alpha value is -0.570. The van der Waals surface area contributed by atoms with E-state index in [0.717, 1.165) is 6.42 Å². The summed E-state index contributed by atoms with van der Waals surface area (Å²) in [6.07, 6.45) is 4.62. The van der Waals surface area contributed by atoms with Gasteiger partial charge in [0.1, 0.15) is 6.10 Å². The normalized spacial score (nSPS) is 43.2. The largest absolute Gasteiger partial charge is 0.389 e. The zero-order chi connectivity index (χ0) is 9.71. The van der Waals surface area contributed by atoms with Gasteiger partial charge in [-0.2, -0.15) is 0 Å². The fraction of sp³-hybridized carbons (Fsp3) is 0.909. The van der Waals surface area contributed by atoms with Crippen molar-refractivity contribution in [2.45, 2.75) is 51.4 Å². The molecule has 0 N–H and O–H groups in total. The molecular weight excluding hydrogens is 178 g/mol. The predicted molar refractivity (Wildman–Crippen MR) is 53.1 cm³/mol. The zero-order valence-electron chi connectivity index (χ0n) is 8.77. The predicted octanol–water partition coefficient (Wildman–Crippen LogP) is 1.96. The van der Waals surface area contributed by atoms with E-state index in [2.05, 4.69) is 19.0 Å². The summed E-state index contributed by atoms with van der Waals surface area (Å²) in [6, 6.07) is 0. The first-order valence-corrected chi connectivity index (χ1v) is 5.74. The minimum Gasteiger partial charge on any atom is -0.389 e. The molecule has 1 saturated heterocycles. The summed E-state index contributed by atoms with van der Waals surface area (Å²) in [5.41, 5.74) is 1.32. The Labute approximate surface area is 84.4 Å². The quantitative estimate of drug-likeness (QED) is 0.645. The Kier molecular flexibility index (Phi) is 1.84. The lowest BCUT2D eigenvalue weighted by Crippen LogP contribution is -2.27. The van der Waals surface area contributed by atoms with Crippen LogP contribution in [-0.4, -0.2) is 24.0 Å². The van der Waals surface area contributed by atoms with Gasteiger partial charge in [0.2, 0.25) is 0 Å². The molecule has 2 fully saturated rings. The highest BCUT2D eigenvalue weighted by molar-refractivity contribution is 5.90. The first-order valence-electron chi connectivity index (χ1n) is 5.74. The van der Waals surface area contributed by atoms with E-state index in [9.17, 15) is 0 Å². The molecule has 0 amide bonds. The summed E-state index contributed by atoms with van der Waals surface area (Å²) in [5.74, 6) is 1.20. The number of ether oxygens (including phenoxy) is 1. The summed E-state index contributed by atoms with van der Waals surface area (Å²) in [4.78, 5) is 5.49. The fourth-order valence-electron chi connectivity index (χ4n) is 2.94. The van der Waals surface area contributed by atoms with Gasteiger partial charge in [0, 0.05) is 11.8 Å². The molecule has 1 saturated carbocycles. The van der Waals surface area contributed by atoms with Crippen molar-refractivity contribution < 1.29 is 9.57 Å². The number of nitrogens with zero attached hydrogens (tertiary/aromatic N) is 1. The van der Waals surface area contributed by atoms with Gasteiger partial charge in [-0.1, -0.05) is 19.0 Å². The molecule has 78 valence electrons. The first-order chi connectivity index (χ1) is 6.85. The van der Waals surface area contributed by atoms with Crippen molar-refractivity contribution in [3.8, 4) is 0 Å². The Balaban J connectivity index is 1.76. The topological polar surface area (TPSA) is 34.1 Å². The Morgan fingerprint density at radius 2 is 2.14 bits per heavy atom. The van der Waals surface area contributed by atoms with E-state index < -0.39 is 0 Å². The van der Waals surface area contributed by atoms with Crippen molar-refractivity contribution in [1.29, 1.82) is 0 Å². The Bertz CT molecular complexity index is 272. The lowest BCUT2D eigenvalue weighted by molar-refractivity contribution is 0.0382.